The van der Waals surface area contributed by atoms with Gasteiger partial charge < -0.3 is 5.73 Å². The molecule has 0 amide bonds. The smallest absolute Gasteiger partial charge is 0.274 e. The molecule has 0 saturated heterocycles. The molecule has 4 nitrogen and oxygen atoms in total. The van der Waals surface area contributed by atoms with Crippen LogP contribution in [0.1, 0.15) is 0 Å². The number of nitrogens with zero attached hydrogens (tertiary/aromatic N) is 1. The number of nitrogens with two attached hydrogens (primary N) is 1. The number of aromatic amines is 1. The predicted molar refractivity (Wildman–Crippen MR) is 34.3 cm³/mol. The highest BCUT2D eigenvalue weighted by molar-refractivity contribution is 6.28. The Hall–Kier alpha value is -1.03. The first-order valence-electron chi connectivity index (χ1n) is 2.20. The van der Waals surface area contributed by atoms with E-state index in [9.17, 15) is 4.79 Å². The number of H-pyrrole nitrogens is 1. The van der Waals surface area contributed by atoms with E-state index in [4.69, 9.17) is 17.3 Å². The van der Waals surface area contributed by atoms with E-state index in [0.29, 0.717) is 0 Å². The fraction of sp³-hybridized carbons (Fsp3) is 0. The summed E-state index contributed by atoms with van der Waals surface area (Å²) in [6.07, 6.45) is 1.21. The van der Waals surface area contributed by atoms with Gasteiger partial charge in [-0.2, -0.15) is 0 Å². The van der Waals surface area contributed by atoms with E-state index in [0.717, 1.165) is 0 Å². The highest BCUT2D eigenvalue weighted by Crippen LogP contribution is 1.94. The standard InChI is InChI=1S/C4H4ClN3O/c5-4-7-1-2(6)3(9)8-4/h1H,6H2,(H,7,8,9). The summed E-state index contributed by atoms with van der Waals surface area (Å²) in [5, 5.41) is 0.0502. The van der Waals surface area contributed by atoms with Crippen LogP contribution in [0.5, 0.6) is 0 Å². The maximum Gasteiger partial charge on any atom is 0.274 e. The van der Waals surface area contributed by atoms with Gasteiger partial charge in [0.25, 0.3) is 5.56 Å². The first-order valence-corrected chi connectivity index (χ1v) is 2.58. The van der Waals surface area contributed by atoms with Gasteiger partial charge in [0.05, 0.1) is 6.20 Å². The van der Waals surface area contributed by atoms with E-state index >= 15 is 0 Å². The molecule has 1 aromatic heterocycles. The molecule has 0 aliphatic carbocycles. The summed E-state index contributed by atoms with van der Waals surface area (Å²) in [4.78, 5) is 16.3. The molecule has 0 fully saturated rings. The van der Waals surface area contributed by atoms with E-state index in [1.807, 2.05) is 0 Å². The van der Waals surface area contributed by atoms with Crippen molar-refractivity contribution in [2.45, 2.75) is 0 Å². The summed E-state index contributed by atoms with van der Waals surface area (Å²) in [6.45, 7) is 0. The number of nitrogen functional groups attached to an aromatic ring is 1. The third kappa shape index (κ3) is 1.20. The van der Waals surface area contributed by atoms with Gasteiger partial charge in [-0.1, -0.05) is 0 Å². The lowest BCUT2D eigenvalue weighted by molar-refractivity contribution is 1.12. The Kier molecular flexibility index (Phi) is 1.40. The first-order chi connectivity index (χ1) is 4.20. The Bertz CT molecular complexity index is 269. The van der Waals surface area contributed by atoms with Gasteiger partial charge in [-0.05, 0) is 11.6 Å². The molecule has 1 heterocycles. The van der Waals surface area contributed by atoms with Crippen LogP contribution in [0.25, 0.3) is 0 Å². The highest BCUT2D eigenvalue weighted by Gasteiger charge is 1.92. The Balaban J connectivity index is 3.34. The minimum absolute atomic E-state index is 0.0502. The van der Waals surface area contributed by atoms with Gasteiger partial charge in [-0.3, -0.25) is 9.78 Å². The summed E-state index contributed by atoms with van der Waals surface area (Å²) in [5.74, 6) is 0. The molecule has 0 unspecified atom stereocenters. The normalized spacial score (nSPS) is 9.44. The minimum Gasteiger partial charge on any atom is -0.393 e. The van der Waals surface area contributed by atoms with Crippen molar-refractivity contribution in [3.63, 3.8) is 0 Å². The van der Waals surface area contributed by atoms with Crippen molar-refractivity contribution in [1.82, 2.24) is 9.97 Å². The second kappa shape index (κ2) is 2.06. The summed E-state index contributed by atoms with van der Waals surface area (Å²) in [7, 11) is 0. The lowest BCUT2D eigenvalue weighted by Gasteiger charge is -1.88. The van der Waals surface area contributed by atoms with Crippen LogP contribution in [-0.2, 0) is 0 Å². The number of rotatable bonds is 0. The largest absolute Gasteiger partial charge is 0.393 e. The number of hydrogen-bond acceptors (Lipinski definition) is 3. The molecule has 0 aliphatic rings. The monoisotopic (exact) mass is 145 g/mol. The van der Waals surface area contributed by atoms with Crippen LogP contribution < -0.4 is 11.3 Å². The molecule has 1 aromatic rings. The third-order valence-corrected chi connectivity index (χ3v) is 0.988. The fourth-order valence-electron chi connectivity index (χ4n) is 0.383. The van der Waals surface area contributed by atoms with E-state index < -0.39 is 5.56 Å². The quantitative estimate of drug-likeness (QED) is 0.505. The van der Waals surface area contributed by atoms with Crippen LogP contribution in [-0.4, -0.2) is 9.97 Å². The van der Waals surface area contributed by atoms with Gasteiger partial charge in [0.2, 0.25) is 5.28 Å². The van der Waals surface area contributed by atoms with E-state index in [2.05, 4.69) is 9.97 Å². The number of hydrogen-bond donors (Lipinski definition) is 2. The van der Waals surface area contributed by atoms with E-state index in [-0.39, 0.29) is 11.0 Å². The molecule has 0 spiro atoms. The molecule has 0 saturated carbocycles. The van der Waals surface area contributed by atoms with Crippen molar-refractivity contribution < 1.29 is 0 Å². The molecule has 0 aliphatic heterocycles. The molecule has 3 N–H and O–H groups in total. The molecule has 0 bridgehead atoms. The van der Waals surface area contributed by atoms with Crippen LogP contribution in [0.4, 0.5) is 5.69 Å². The number of halogens is 1. The number of anilines is 1. The van der Waals surface area contributed by atoms with Gasteiger partial charge in [0.1, 0.15) is 5.69 Å². The van der Waals surface area contributed by atoms with Gasteiger partial charge >= 0.3 is 0 Å². The predicted octanol–water partition coefficient (Wildman–Crippen LogP) is 0.00550. The molecule has 0 atom stereocenters. The van der Waals surface area contributed by atoms with Gasteiger partial charge in [-0.25, -0.2) is 4.98 Å². The van der Waals surface area contributed by atoms with Crippen LogP contribution >= 0.6 is 11.6 Å². The van der Waals surface area contributed by atoms with E-state index in [1.54, 1.807) is 0 Å². The maximum absolute atomic E-state index is 10.5. The number of aromatic nitrogens is 2. The number of nitrogens with one attached hydrogen (secondary N) is 1. The molecular weight excluding hydrogens is 142 g/mol. The van der Waals surface area contributed by atoms with Crippen molar-refractivity contribution in [2.24, 2.45) is 0 Å². The molecule has 48 valence electrons. The minimum atomic E-state index is -0.407. The summed E-state index contributed by atoms with van der Waals surface area (Å²) >= 11 is 5.29. The van der Waals surface area contributed by atoms with Crippen molar-refractivity contribution in [1.29, 1.82) is 0 Å². The zero-order valence-electron chi connectivity index (χ0n) is 4.39. The lowest BCUT2D eigenvalue weighted by Crippen LogP contribution is -2.11. The molecular formula is C4H4ClN3O. The van der Waals surface area contributed by atoms with Crippen LogP contribution in [0.15, 0.2) is 11.0 Å². The third-order valence-electron chi connectivity index (χ3n) is 0.796. The Morgan fingerprint density at radius 1 is 1.78 bits per heavy atom. The highest BCUT2D eigenvalue weighted by atomic mass is 35.5. The second-order valence-corrected chi connectivity index (χ2v) is 1.82. The summed E-state index contributed by atoms with van der Waals surface area (Å²) < 4.78 is 0. The second-order valence-electron chi connectivity index (χ2n) is 1.46. The van der Waals surface area contributed by atoms with E-state index in [1.165, 1.54) is 6.20 Å². The summed E-state index contributed by atoms with van der Waals surface area (Å²) in [5.41, 5.74) is 4.79. The van der Waals surface area contributed by atoms with Gasteiger partial charge in [0, 0.05) is 0 Å². The Morgan fingerprint density at radius 2 is 2.44 bits per heavy atom. The lowest BCUT2D eigenvalue weighted by atomic mass is 10.6. The molecule has 0 aromatic carbocycles. The zero-order chi connectivity index (χ0) is 6.85. The topological polar surface area (TPSA) is 71.8 Å². The van der Waals surface area contributed by atoms with Crippen molar-refractivity contribution in [3.8, 4) is 0 Å². The SMILES string of the molecule is Nc1cnc(Cl)[nH]c1=O. The van der Waals surface area contributed by atoms with Crippen molar-refractivity contribution in [2.75, 3.05) is 5.73 Å². The molecule has 9 heavy (non-hydrogen) atoms. The van der Waals surface area contributed by atoms with Gasteiger partial charge in [0.15, 0.2) is 0 Å². The molecule has 1 rings (SSSR count). The Morgan fingerprint density at radius 3 is 2.89 bits per heavy atom. The molecule has 5 heteroatoms. The average Bonchev–Trinajstić information content (AvgIpc) is 1.80. The van der Waals surface area contributed by atoms with Crippen molar-refractivity contribution in [3.05, 3.63) is 21.8 Å². The van der Waals surface area contributed by atoms with Crippen LogP contribution in [0.2, 0.25) is 5.28 Å². The first kappa shape index (κ1) is 6.10. The summed E-state index contributed by atoms with van der Waals surface area (Å²) in [6, 6.07) is 0. The Labute approximate surface area is 55.7 Å². The van der Waals surface area contributed by atoms with Gasteiger partial charge in [-0.15, -0.1) is 0 Å². The zero-order valence-corrected chi connectivity index (χ0v) is 5.14. The molecule has 0 radical (unpaired) electrons. The fourth-order valence-corrected chi connectivity index (χ4v) is 0.518. The van der Waals surface area contributed by atoms with Crippen LogP contribution in [0.3, 0.4) is 0 Å². The maximum atomic E-state index is 10.5. The average molecular weight is 146 g/mol. The van der Waals surface area contributed by atoms with Crippen molar-refractivity contribution >= 4 is 17.3 Å². The van der Waals surface area contributed by atoms with Crippen LogP contribution in [0, 0.1) is 0 Å².